The van der Waals surface area contributed by atoms with Gasteiger partial charge in [0.25, 0.3) is 5.78 Å². The smallest absolute Gasteiger partial charge is 0.301 e. The van der Waals surface area contributed by atoms with Gasteiger partial charge in [-0.2, -0.15) is 0 Å². The number of aliphatic hydroxyl groups is 1. The highest BCUT2D eigenvalue weighted by Crippen LogP contribution is 2.48. The van der Waals surface area contributed by atoms with E-state index in [-0.39, 0.29) is 11.1 Å². The molecule has 1 N–H and O–H groups in total. The fourth-order valence-corrected chi connectivity index (χ4v) is 5.43. The number of hydrogen-bond acceptors (Lipinski definition) is 7. The van der Waals surface area contributed by atoms with Crippen LogP contribution in [0.1, 0.15) is 22.7 Å². The normalized spacial score (nSPS) is 17.1. The van der Waals surface area contributed by atoms with Crippen molar-refractivity contribution in [3.8, 4) is 11.5 Å². The van der Waals surface area contributed by atoms with E-state index in [0.29, 0.717) is 27.7 Å². The van der Waals surface area contributed by atoms with Crippen LogP contribution in [0.4, 0.5) is 9.52 Å². The first-order valence-corrected chi connectivity index (χ1v) is 11.8. The molecule has 1 unspecified atom stereocenters. The monoisotopic (exact) mass is 504 g/mol. The van der Waals surface area contributed by atoms with Gasteiger partial charge in [-0.05, 0) is 55.0 Å². The van der Waals surface area contributed by atoms with Crippen LogP contribution in [0.2, 0.25) is 0 Å². The van der Waals surface area contributed by atoms with Crippen molar-refractivity contribution in [3.63, 3.8) is 0 Å². The number of aryl methyl sites for hydroxylation is 1. The number of aliphatic hydroxyl groups excluding tert-OH is 1. The number of ketones is 1. The highest BCUT2D eigenvalue weighted by molar-refractivity contribution is 7.22. The third kappa shape index (κ3) is 3.77. The molecule has 182 valence electrons. The molecule has 36 heavy (non-hydrogen) atoms. The molecule has 5 rings (SSSR count). The number of hydrogen-bond donors (Lipinski definition) is 1. The summed E-state index contributed by atoms with van der Waals surface area (Å²) in [7, 11) is 2.93. The van der Waals surface area contributed by atoms with Crippen molar-refractivity contribution < 1.29 is 28.6 Å². The maximum atomic E-state index is 13.5. The number of anilines is 1. The molecule has 4 aromatic rings. The number of para-hydroxylation sites is 1. The first kappa shape index (κ1) is 23.5. The second kappa shape index (κ2) is 9.09. The maximum Gasteiger partial charge on any atom is 0.301 e. The average Bonchev–Trinajstić information content (AvgIpc) is 3.40. The molecule has 9 heteroatoms. The largest absolute Gasteiger partial charge is 0.507 e. The number of ether oxygens (including phenoxy) is 2. The van der Waals surface area contributed by atoms with Crippen molar-refractivity contribution in [1.82, 2.24) is 4.98 Å². The minimum Gasteiger partial charge on any atom is -0.507 e. The van der Waals surface area contributed by atoms with Gasteiger partial charge in [-0.15, -0.1) is 0 Å². The molecule has 3 aromatic carbocycles. The molecule has 1 saturated heterocycles. The van der Waals surface area contributed by atoms with Crippen molar-refractivity contribution in [3.05, 3.63) is 88.7 Å². The number of carbonyl (C=O) groups excluding carboxylic acids is 2. The van der Waals surface area contributed by atoms with E-state index >= 15 is 0 Å². The van der Waals surface area contributed by atoms with Crippen LogP contribution in [0.5, 0.6) is 11.5 Å². The molecule has 1 aromatic heterocycles. The summed E-state index contributed by atoms with van der Waals surface area (Å²) < 4.78 is 25.4. The molecule has 0 radical (unpaired) electrons. The summed E-state index contributed by atoms with van der Waals surface area (Å²) in [5, 5.41) is 11.5. The Morgan fingerprint density at radius 1 is 1.06 bits per heavy atom. The van der Waals surface area contributed by atoms with Crippen LogP contribution in [0.15, 0.2) is 66.2 Å². The minimum absolute atomic E-state index is 0.159. The van der Waals surface area contributed by atoms with Crippen molar-refractivity contribution in [2.24, 2.45) is 0 Å². The lowest BCUT2D eigenvalue weighted by Gasteiger charge is -2.25. The van der Waals surface area contributed by atoms with Crippen LogP contribution in [0, 0.1) is 12.7 Å². The summed E-state index contributed by atoms with van der Waals surface area (Å²) in [5.74, 6) is -1.96. The van der Waals surface area contributed by atoms with E-state index in [2.05, 4.69) is 4.98 Å². The quantitative estimate of drug-likeness (QED) is 0.223. The Hall–Kier alpha value is -4.24. The topological polar surface area (TPSA) is 89.0 Å². The molecule has 0 saturated carbocycles. The zero-order valence-corrected chi connectivity index (χ0v) is 20.4. The SMILES string of the molecule is COc1cccc(C2C(=C(O)c3ccc(F)cc3)C(=O)C(=O)N2c2nc3ccc(C)cc3s2)c1OC. The number of carbonyl (C=O) groups is 2. The van der Waals surface area contributed by atoms with Gasteiger partial charge in [0.1, 0.15) is 17.6 Å². The van der Waals surface area contributed by atoms with Gasteiger partial charge in [0.15, 0.2) is 16.6 Å². The Morgan fingerprint density at radius 3 is 2.50 bits per heavy atom. The maximum absolute atomic E-state index is 13.5. The number of fused-ring (bicyclic) bond motifs is 1. The first-order chi connectivity index (χ1) is 17.3. The third-order valence-electron chi connectivity index (χ3n) is 6.03. The molecule has 0 bridgehead atoms. The van der Waals surface area contributed by atoms with Crippen LogP contribution in [0.25, 0.3) is 16.0 Å². The van der Waals surface area contributed by atoms with Crippen molar-refractivity contribution in [2.45, 2.75) is 13.0 Å². The molecule has 0 spiro atoms. The zero-order chi connectivity index (χ0) is 25.6. The van der Waals surface area contributed by atoms with Gasteiger partial charge < -0.3 is 14.6 Å². The number of rotatable bonds is 5. The number of amides is 1. The van der Waals surface area contributed by atoms with Crippen molar-refractivity contribution in [1.29, 1.82) is 0 Å². The lowest BCUT2D eigenvalue weighted by atomic mass is 9.94. The van der Waals surface area contributed by atoms with Gasteiger partial charge in [0.05, 0.1) is 30.0 Å². The predicted molar refractivity (Wildman–Crippen MR) is 135 cm³/mol. The number of benzene rings is 3. The third-order valence-corrected chi connectivity index (χ3v) is 7.05. The summed E-state index contributed by atoms with van der Waals surface area (Å²) in [6, 6.07) is 14.8. The van der Waals surface area contributed by atoms with Gasteiger partial charge in [-0.1, -0.05) is 29.5 Å². The number of nitrogens with zero attached hydrogens (tertiary/aromatic N) is 2. The van der Waals surface area contributed by atoms with Gasteiger partial charge in [0, 0.05) is 11.1 Å². The van der Waals surface area contributed by atoms with E-state index in [4.69, 9.17) is 9.47 Å². The number of Topliss-reactive ketones (excluding diaryl/α,β-unsaturated/α-hetero) is 1. The van der Waals surface area contributed by atoms with Crippen molar-refractivity contribution in [2.75, 3.05) is 19.1 Å². The molecule has 1 aliphatic heterocycles. The lowest BCUT2D eigenvalue weighted by Crippen LogP contribution is -2.29. The highest BCUT2D eigenvalue weighted by atomic mass is 32.1. The summed E-state index contributed by atoms with van der Waals surface area (Å²) in [5.41, 5.74) is 2.17. The fraction of sp³-hybridized carbons (Fsp3) is 0.148. The van der Waals surface area contributed by atoms with Gasteiger partial charge >= 0.3 is 5.91 Å². The first-order valence-electron chi connectivity index (χ1n) is 11.0. The molecule has 7 nitrogen and oxygen atoms in total. The zero-order valence-electron chi connectivity index (χ0n) is 19.6. The lowest BCUT2D eigenvalue weighted by molar-refractivity contribution is -0.132. The molecular formula is C27H21FN2O5S. The Kier molecular flexibility index (Phi) is 5.93. The molecular weight excluding hydrogens is 483 g/mol. The molecule has 1 atom stereocenters. The van der Waals surface area contributed by atoms with Gasteiger partial charge in [0.2, 0.25) is 0 Å². The Bertz CT molecular complexity index is 1540. The second-order valence-electron chi connectivity index (χ2n) is 8.23. The van der Waals surface area contributed by atoms with E-state index in [0.717, 1.165) is 10.3 Å². The molecule has 1 amide bonds. The van der Waals surface area contributed by atoms with Crippen LogP contribution in [-0.4, -0.2) is 36.0 Å². The Labute approximate surface area is 210 Å². The predicted octanol–water partition coefficient (Wildman–Crippen LogP) is 5.39. The van der Waals surface area contributed by atoms with E-state index in [1.54, 1.807) is 18.2 Å². The van der Waals surface area contributed by atoms with Crippen molar-refractivity contribution >= 4 is 44.1 Å². The number of aromatic nitrogens is 1. The van der Waals surface area contributed by atoms with E-state index in [1.807, 2.05) is 25.1 Å². The molecule has 1 aliphatic rings. The van der Waals surface area contributed by atoms with Gasteiger partial charge in [-0.3, -0.25) is 14.5 Å². The molecule has 2 heterocycles. The Morgan fingerprint density at radius 2 is 1.81 bits per heavy atom. The average molecular weight is 505 g/mol. The van der Waals surface area contributed by atoms with Crippen LogP contribution < -0.4 is 14.4 Å². The molecule has 1 fully saturated rings. The van der Waals surface area contributed by atoms with E-state index in [1.165, 1.54) is 54.7 Å². The van der Waals surface area contributed by atoms with E-state index in [9.17, 15) is 19.1 Å². The number of halogens is 1. The van der Waals surface area contributed by atoms with Gasteiger partial charge in [-0.25, -0.2) is 9.37 Å². The molecule has 0 aliphatic carbocycles. The highest BCUT2D eigenvalue weighted by Gasteiger charge is 2.49. The summed E-state index contributed by atoms with van der Waals surface area (Å²) in [6.45, 7) is 1.95. The van der Waals surface area contributed by atoms with Crippen LogP contribution >= 0.6 is 11.3 Å². The summed E-state index contributed by atoms with van der Waals surface area (Å²) >= 11 is 1.26. The second-order valence-corrected chi connectivity index (χ2v) is 9.24. The number of methoxy groups -OCH3 is 2. The minimum atomic E-state index is -1.07. The standard InChI is InChI=1S/C27H21FN2O5S/c1-14-7-12-18-20(13-14)36-27(29-18)30-22(17-5-4-6-19(34-2)25(17)35-3)21(24(32)26(30)33)23(31)15-8-10-16(28)11-9-15/h4-13,22,31H,1-3H3. The van der Waals surface area contributed by atoms with Crippen LogP contribution in [-0.2, 0) is 9.59 Å². The van der Waals surface area contributed by atoms with Crippen LogP contribution in [0.3, 0.4) is 0 Å². The van der Waals surface area contributed by atoms with E-state index < -0.39 is 29.3 Å². The summed E-state index contributed by atoms with van der Waals surface area (Å²) in [4.78, 5) is 32.7. The summed E-state index contributed by atoms with van der Waals surface area (Å²) in [6.07, 6.45) is 0. The fourth-order valence-electron chi connectivity index (χ4n) is 4.34. The number of thiazole rings is 1. The Balaban J connectivity index is 1.79.